The third-order valence-electron chi connectivity index (χ3n) is 2.47. The number of rotatable bonds is 5. The van der Waals surface area contributed by atoms with Gasteiger partial charge in [0, 0.05) is 16.5 Å². The number of nitrogens with zero attached hydrogens (tertiary/aromatic N) is 1. The van der Waals surface area contributed by atoms with E-state index in [0.717, 1.165) is 11.9 Å². The normalized spacial score (nSPS) is 11.3. The molecule has 0 unspecified atom stereocenters. The van der Waals surface area contributed by atoms with Gasteiger partial charge in [-0.3, -0.25) is 4.79 Å². The summed E-state index contributed by atoms with van der Waals surface area (Å²) in [5.41, 5.74) is 0.852. The summed E-state index contributed by atoms with van der Waals surface area (Å²) in [4.78, 5) is 16.8. The van der Waals surface area contributed by atoms with E-state index in [1.54, 1.807) is 24.3 Å². The number of anilines is 1. The van der Waals surface area contributed by atoms with Crippen molar-refractivity contribution in [3.8, 4) is 0 Å². The molecule has 112 valence electrons. The van der Waals surface area contributed by atoms with Gasteiger partial charge in [0.1, 0.15) is 0 Å². The zero-order valence-electron chi connectivity index (χ0n) is 11.5. The minimum absolute atomic E-state index is 0.130. The summed E-state index contributed by atoms with van der Waals surface area (Å²) in [6.45, 7) is 1.85. The number of aryl methyl sites for hydroxylation is 1. The molecule has 1 N–H and O–H groups in total. The van der Waals surface area contributed by atoms with Crippen LogP contribution in [0.4, 0.5) is 5.13 Å². The maximum atomic E-state index is 11.8. The summed E-state index contributed by atoms with van der Waals surface area (Å²) in [5, 5.41) is 5.09. The number of hydrogen-bond acceptors (Lipinski definition) is 6. The number of carbonyl (C=O) groups excluding carboxylic acids is 1. The number of aromatic nitrogens is 1. The van der Waals surface area contributed by atoms with Crippen LogP contribution in [0.25, 0.3) is 0 Å². The summed E-state index contributed by atoms with van der Waals surface area (Å²) < 4.78 is 23.3. The molecule has 8 heteroatoms. The van der Waals surface area contributed by atoms with Crippen LogP contribution in [-0.2, 0) is 14.6 Å². The van der Waals surface area contributed by atoms with E-state index < -0.39 is 9.84 Å². The molecule has 0 aliphatic carbocycles. The van der Waals surface area contributed by atoms with Gasteiger partial charge < -0.3 is 5.32 Å². The van der Waals surface area contributed by atoms with E-state index in [-0.39, 0.29) is 16.6 Å². The molecule has 0 spiro atoms. The van der Waals surface area contributed by atoms with Gasteiger partial charge in [-0.05, 0) is 19.1 Å². The van der Waals surface area contributed by atoms with Gasteiger partial charge in [-0.1, -0.05) is 12.1 Å². The second-order valence-corrected chi connectivity index (χ2v) is 8.21. The fourth-order valence-corrected chi connectivity index (χ4v) is 4.42. The third-order valence-corrected chi connectivity index (χ3v) is 5.71. The number of thiazole rings is 1. The number of benzene rings is 1. The highest BCUT2D eigenvalue weighted by molar-refractivity contribution is 8.00. The quantitative estimate of drug-likeness (QED) is 0.845. The number of thioether (sulfide) groups is 1. The standard InChI is InChI=1S/C13H14N2O3S3/c1-9-7-20-13(14-9)15-12(16)8-19-10-5-3-4-6-11(10)21(2,17)18/h3-7H,8H2,1-2H3,(H,14,15,16). The van der Waals surface area contributed by atoms with Crippen molar-refractivity contribution in [2.24, 2.45) is 0 Å². The van der Waals surface area contributed by atoms with E-state index in [9.17, 15) is 13.2 Å². The Labute approximate surface area is 131 Å². The molecule has 21 heavy (non-hydrogen) atoms. The van der Waals surface area contributed by atoms with Crippen LogP contribution >= 0.6 is 23.1 Å². The molecule has 0 radical (unpaired) electrons. The van der Waals surface area contributed by atoms with Crippen LogP contribution < -0.4 is 5.32 Å². The summed E-state index contributed by atoms with van der Waals surface area (Å²) in [7, 11) is -3.30. The van der Waals surface area contributed by atoms with Gasteiger partial charge in [0.05, 0.1) is 16.3 Å². The summed E-state index contributed by atoms with van der Waals surface area (Å²) in [6, 6.07) is 6.65. The minimum Gasteiger partial charge on any atom is -0.301 e. The van der Waals surface area contributed by atoms with E-state index in [1.165, 1.54) is 23.1 Å². The maximum Gasteiger partial charge on any atom is 0.236 e. The van der Waals surface area contributed by atoms with Gasteiger partial charge in [-0.25, -0.2) is 13.4 Å². The molecule has 1 aromatic carbocycles. The summed E-state index contributed by atoms with van der Waals surface area (Å²) in [5.74, 6) is -0.0804. The highest BCUT2D eigenvalue weighted by atomic mass is 32.2. The monoisotopic (exact) mass is 342 g/mol. The van der Waals surface area contributed by atoms with Crippen LogP contribution in [0.15, 0.2) is 39.4 Å². The van der Waals surface area contributed by atoms with Gasteiger partial charge in [-0.2, -0.15) is 0 Å². The Morgan fingerprint density at radius 1 is 1.38 bits per heavy atom. The van der Waals surface area contributed by atoms with Crippen LogP contribution in [0.2, 0.25) is 0 Å². The van der Waals surface area contributed by atoms with Gasteiger partial charge in [0.2, 0.25) is 5.91 Å². The minimum atomic E-state index is -3.30. The van der Waals surface area contributed by atoms with Crippen molar-refractivity contribution in [2.75, 3.05) is 17.3 Å². The molecule has 1 heterocycles. The first-order chi connectivity index (χ1) is 9.86. The molecule has 0 saturated carbocycles. The fraction of sp³-hybridized carbons (Fsp3) is 0.231. The summed E-state index contributed by atoms with van der Waals surface area (Å²) in [6.07, 6.45) is 1.16. The predicted octanol–water partition coefficient (Wildman–Crippen LogP) is 2.59. The van der Waals surface area contributed by atoms with Gasteiger partial charge in [-0.15, -0.1) is 23.1 Å². The number of hydrogen-bond donors (Lipinski definition) is 1. The molecule has 0 atom stereocenters. The molecule has 1 amide bonds. The Hall–Kier alpha value is -1.38. The molecule has 1 aromatic heterocycles. The van der Waals surface area contributed by atoms with Gasteiger partial charge in [0.25, 0.3) is 0 Å². The van der Waals surface area contributed by atoms with Crippen LogP contribution in [0.5, 0.6) is 0 Å². The second kappa shape index (κ2) is 6.59. The molecule has 0 fully saturated rings. The zero-order valence-corrected chi connectivity index (χ0v) is 13.9. The van der Waals surface area contributed by atoms with Crippen molar-refractivity contribution in [1.82, 2.24) is 4.98 Å². The molecule has 0 aliphatic heterocycles. The van der Waals surface area contributed by atoms with Crippen molar-refractivity contribution >= 4 is 44.0 Å². The lowest BCUT2D eigenvalue weighted by Gasteiger charge is -2.07. The lowest BCUT2D eigenvalue weighted by Crippen LogP contribution is -2.14. The highest BCUT2D eigenvalue weighted by Gasteiger charge is 2.14. The smallest absolute Gasteiger partial charge is 0.236 e. The molecular weight excluding hydrogens is 328 g/mol. The van der Waals surface area contributed by atoms with E-state index in [4.69, 9.17) is 0 Å². The fourth-order valence-electron chi connectivity index (χ4n) is 1.59. The average molecular weight is 342 g/mol. The predicted molar refractivity (Wildman–Crippen MR) is 85.8 cm³/mol. The van der Waals surface area contributed by atoms with E-state index in [1.807, 2.05) is 12.3 Å². The topological polar surface area (TPSA) is 76.1 Å². The first kappa shape index (κ1) is 16.0. The zero-order chi connectivity index (χ0) is 15.5. The van der Waals surface area contributed by atoms with Gasteiger partial charge in [0.15, 0.2) is 15.0 Å². The first-order valence-electron chi connectivity index (χ1n) is 6.00. The van der Waals surface area contributed by atoms with E-state index in [2.05, 4.69) is 10.3 Å². The lowest BCUT2D eigenvalue weighted by atomic mass is 10.4. The van der Waals surface area contributed by atoms with E-state index in [0.29, 0.717) is 10.0 Å². The Kier molecular flexibility index (Phi) is 5.02. The number of amides is 1. The van der Waals surface area contributed by atoms with Crippen LogP contribution in [0.3, 0.4) is 0 Å². The molecular formula is C13H14N2O3S3. The van der Waals surface area contributed by atoms with Crippen LogP contribution in [-0.4, -0.2) is 31.3 Å². The molecule has 0 saturated heterocycles. The van der Waals surface area contributed by atoms with Gasteiger partial charge >= 0.3 is 0 Å². The Morgan fingerprint density at radius 2 is 2.10 bits per heavy atom. The Bertz CT molecular complexity index is 754. The SMILES string of the molecule is Cc1csc(NC(=O)CSc2ccccc2S(C)(=O)=O)n1. The molecule has 0 bridgehead atoms. The molecule has 2 aromatic rings. The maximum absolute atomic E-state index is 11.8. The summed E-state index contributed by atoms with van der Waals surface area (Å²) >= 11 is 2.55. The number of sulfone groups is 1. The van der Waals surface area contributed by atoms with Crippen molar-refractivity contribution in [2.45, 2.75) is 16.7 Å². The molecule has 2 rings (SSSR count). The van der Waals surface area contributed by atoms with Crippen molar-refractivity contribution in [3.05, 3.63) is 35.3 Å². The molecule has 0 aliphatic rings. The lowest BCUT2D eigenvalue weighted by molar-refractivity contribution is -0.113. The largest absolute Gasteiger partial charge is 0.301 e. The van der Waals surface area contributed by atoms with E-state index >= 15 is 0 Å². The number of carbonyl (C=O) groups is 1. The van der Waals surface area contributed by atoms with Crippen LogP contribution in [0.1, 0.15) is 5.69 Å². The average Bonchev–Trinajstić information content (AvgIpc) is 2.81. The third kappa shape index (κ3) is 4.55. The molecule has 5 nitrogen and oxygen atoms in total. The van der Waals surface area contributed by atoms with Crippen LogP contribution in [0, 0.1) is 6.92 Å². The first-order valence-corrected chi connectivity index (χ1v) is 9.76. The Balaban J connectivity index is 2.02. The van der Waals surface area contributed by atoms with Crippen molar-refractivity contribution < 1.29 is 13.2 Å². The Morgan fingerprint density at radius 3 is 2.71 bits per heavy atom. The van der Waals surface area contributed by atoms with Crippen molar-refractivity contribution in [1.29, 1.82) is 0 Å². The number of nitrogens with one attached hydrogen (secondary N) is 1. The van der Waals surface area contributed by atoms with Crippen molar-refractivity contribution in [3.63, 3.8) is 0 Å². The second-order valence-electron chi connectivity index (χ2n) is 4.35. The highest BCUT2D eigenvalue weighted by Crippen LogP contribution is 2.26.